The predicted molar refractivity (Wildman–Crippen MR) is 120 cm³/mol. The molecule has 172 valence electrons. The number of nitrogens with zero attached hydrogens (tertiary/aromatic N) is 6. The number of fused-ring (bicyclic) bond motifs is 1. The minimum absolute atomic E-state index is 0.00258. The van der Waals surface area contributed by atoms with Crippen molar-refractivity contribution in [2.45, 2.75) is 45.4 Å². The number of anilines is 1. The fourth-order valence-electron chi connectivity index (χ4n) is 4.41. The van der Waals surface area contributed by atoms with Gasteiger partial charge in [-0.05, 0) is 17.9 Å². The Bertz CT molecular complexity index is 1210. The van der Waals surface area contributed by atoms with Gasteiger partial charge in [0.15, 0.2) is 17.3 Å². The van der Waals surface area contributed by atoms with E-state index in [1.807, 2.05) is 4.68 Å². The summed E-state index contributed by atoms with van der Waals surface area (Å²) < 4.78 is 15.6. The van der Waals surface area contributed by atoms with Crippen LogP contribution in [0.1, 0.15) is 36.5 Å². The fraction of sp³-hybridized carbons (Fsp3) is 0.455. The number of alkyl halides is 1. The molecule has 11 heteroatoms. The lowest BCUT2D eigenvalue weighted by Gasteiger charge is -2.26. The number of nitrogens with one attached hydrogen (secondary N) is 2. The van der Waals surface area contributed by atoms with Crippen molar-refractivity contribution in [3.8, 4) is 22.8 Å². The SMILES string of the molecule is CC1(C)Cc2c(-c3nccc(-c4cnc(N)c(C(=O)NC5CNCC(F)C5)n4)n3)cnn2C1. The first-order valence-corrected chi connectivity index (χ1v) is 11.0. The van der Waals surface area contributed by atoms with Crippen molar-refractivity contribution in [1.82, 2.24) is 40.3 Å². The summed E-state index contributed by atoms with van der Waals surface area (Å²) in [5.41, 5.74) is 8.95. The lowest BCUT2D eigenvalue weighted by Crippen LogP contribution is -2.49. The van der Waals surface area contributed by atoms with Gasteiger partial charge in [0.25, 0.3) is 5.91 Å². The van der Waals surface area contributed by atoms with Crippen LogP contribution in [0.5, 0.6) is 0 Å². The number of halogens is 1. The second kappa shape index (κ2) is 8.14. The highest BCUT2D eigenvalue weighted by atomic mass is 19.1. The van der Waals surface area contributed by atoms with E-state index in [1.54, 1.807) is 18.5 Å². The third kappa shape index (κ3) is 4.28. The first-order valence-electron chi connectivity index (χ1n) is 11.0. The van der Waals surface area contributed by atoms with Crippen molar-refractivity contribution in [1.29, 1.82) is 0 Å². The minimum atomic E-state index is -1.01. The molecule has 0 radical (unpaired) electrons. The summed E-state index contributed by atoms with van der Waals surface area (Å²) >= 11 is 0. The molecule has 0 saturated carbocycles. The van der Waals surface area contributed by atoms with E-state index in [0.717, 1.165) is 24.2 Å². The largest absolute Gasteiger partial charge is 0.382 e. The number of carbonyl (C=O) groups is 1. The molecule has 5 rings (SSSR count). The standard InChI is InChI=1S/C22H26FN9O/c1-22(2)6-17-14(9-28-32(17)11-22)20-26-4-3-15(31-20)16-10-27-19(24)18(30-16)21(33)29-13-5-12(23)7-25-8-13/h3-4,9-10,12-13,25H,5-8,11H2,1-2H3,(H2,24,27)(H,29,33). The zero-order valence-corrected chi connectivity index (χ0v) is 18.5. The van der Waals surface area contributed by atoms with Gasteiger partial charge in [0.05, 0.1) is 29.3 Å². The van der Waals surface area contributed by atoms with Crippen molar-refractivity contribution in [3.63, 3.8) is 0 Å². The lowest BCUT2D eigenvalue weighted by atomic mass is 9.90. The third-order valence-electron chi connectivity index (χ3n) is 5.98. The van der Waals surface area contributed by atoms with Crippen LogP contribution in [0.4, 0.5) is 10.2 Å². The molecule has 1 fully saturated rings. The number of nitrogens with two attached hydrogens (primary N) is 1. The summed E-state index contributed by atoms with van der Waals surface area (Å²) in [6.07, 6.45) is 5.03. The molecule has 0 aromatic carbocycles. The maximum Gasteiger partial charge on any atom is 0.274 e. The summed E-state index contributed by atoms with van der Waals surface area (Å²) in [5.74, 6) is 0.0508. The average molecular weight is 452 g/mol. The molecule has 4 N–H and O–H groups in total. The van der Waals surface area contributed by atoms with E-state index in [2.05, 4.69) is 49.5 Å². The average Bonchev–Trinajstić information content (AvgIpc) is 3.29. The van der Waals surface area contributed by atoms with Crippen LogP contribution in [0.25, 0.3) is 22.8 Å². The van der Waals surface area contributed by atoms with Gasteiger partial charge in [-0.25, -0.2) is 24.3 Å². The Balaban J connectivity index is 1.41. The number of amides is 1. The van der Waals surface area contributed by atoms with Crippen molar-refractivity contribution >= 4 is 11.7 Å². The van der Waals surface area contributed by atoms with Gasteiger partial charge in [-0.1, -0.05) is 13.8 Å². The van der Waals surface area contributed by atoms with E-state index < -0.39 is 12.1 Å². The van der Waals surface area contributed by atoms with E-state index in [9.17, 15) is 9.18 Å². The van der Waals surface area contributed by atoms with Gasteiger partial charge in [-0.15, -0.1) is 0 Å². The number of carbonyl (C=O) groups excluding carboxylic acids is 1. The normalized spacial score (nSPS) is 21.5. The minimum Gasteiger partial charge on any atom is -0.382 e. The van der Waals surface area contributed by atoms with Gasteiger partial charge in [0.2, 0.25) is 0 Å². The molecule has 3 aromatic heterocycles. The van der Waals surface area contributed by atoms with E-state index in [0.29, 0.717) is 23.8 Å². The smallest absolute Gasteiger partial charge is 0.274 e. The Labute approximate surface area is 190 Å². The van der Waals surface area contributed by atoms with Crippen LogP contribution >= 0.6 is 0 Å². The van der Waals surface area contributed by atoms with E-state index in [-0.39, 0.29) is 35.9 Å². The van der Waals surface area contributed by atoms with Crippen LogP contribution in [-0.2, 0) is 13.0 Å². The van der Waals surface area contributed by atoms with Crippen LogP contribution in [0, 0.1) is 5.41 Å². The molecule has 33 heavy (non-hydrogen) atoms. The monoisotopic (exact) mass is 451 g/mol. The molecule has 1 amide bonds. The van der Waals surface area contributed by atoms with E-state index >= 15 is 0 Å². The molecule has 2 unspecified atom stereocenters. The molecule has 0 bridgehead atoms. The molecule has 2 aliphatic rings. The van der Waals surface area contributed by atoms with Crippen LogP contribution in [0.3, 0.4) is 0 Å². The van der Waals surface area contributed by atoms with Crippen LogP contribution in [0.2, 0.25) is 0 Å². The van der Waals surface area contributed by atoms with Gasteiger partial charge < -0.3 is 16.4 Å². The highest BCUT2D eigenvalue weighted by molar-refractivity contribution is 5.97. The molecule has 2 aliphatic heterocycles. The molecule has 5 heterocycles. The van der Waals surface area contributed by atoms with Gasteiger partial charge in [-0.3, -0.25) is 9.48 Å². The summed E-state index contributed by atoms with van der Waals surface area (Å²) in [6, 6.07) is 1.36. The highest BCUT2D eigenvalue weighted by Crippen LogP contribution is 2.36. The topological polar surface area (TPSA) is 137 Å². The Morgan fingerprint density at radius 1 is 1.24 bits per heavy atom. The maximum atomic E-state index is 13.6. The maximum absolute atomic E-state index is 13.6. The zero-order chi connectivity index (χ0) is 23.2. The first-order chi connectivity index (χ1) is 15.8. The summed E-state index contributed by atoms with van der Waals surface area (Å²) in [6.45, 7) is 6.04. The van der Waals surface area contributed by atoms with Gasteiger partial charge in [0, 0.05) is 38.3 Å². The second-order valence-electron chi connectivity index (χ2n) is 9.42. The fourth-order valence-corrected chi connectivity index (χ4v) is 4.41. The van der Waals surface area contributed by atoms with Crippen molar-refractivity contribution < 1.29 is 9.18 Å². The number of hydrogen-bond donors (Lipinski definition) is 3. The molecule has 1 saturated heterocycles. The summed E-state index contributed by atoms with van der Waals surface area (Å²) in [5, 5.41) is 10.2. The quantitative estimate of drug-likeness (QED) is 0.541. The lowest BCUT2D eigenvalue weighted by molar-refractivity contribution is 0.0914. The Morgan fingerprint density at radius 2 is 2.09 bits per heavy atom. The Morgan fingerprint density at radius 3 is 2.91 bits per heavy atom. The number of hydrogen-bond acceptors (Lipinski definition) is 8. The van der Waals surface area contributed by atoms with Crippen molar-refractivity contribution in [3.05, 3.63) is 36.0 Å². The Kier molecular flexibility index (Phi) is 5.28. The Hall–Kier alpha value is -3.47. The van der Waals surface area contributed by atoms with Gasteiger partial charge in [0.1, 0.15) is 11.9 Å². The van der Waals surface area contributed by atoms with Gasteiger partial charge >= 0.3 is 0 Å². The van der Waals surface area contributed by atoms with Crippen molar-refractivity contribution in [2.24, 2.45) is 5.41 Å². The molecular weight excluding hydrogens is 425 g/mol. The van der Waals surface area contributed by atoms with E-state index in [1.165, 1.54) is 6.20 Å². The molecule has 10 nitrogen and oxygen atoms in total. The highest BCUT2D eigenvalue weighted by Gasteiger charge is 2.32. The van der Waals surface area contributed by atoms with Crippen LogP contribution in [0.15, 0.2) is 24.7 Å². The van der Waals surface area contributed by atoms with Gasteiger partial charge in [-0.2, -0.15) is 5.10 Å². The van der Waals surface area contributed by atoms with Crippen molar-refractivity contribution in [2.75, 3.05) is 18.8 Å². The number of nitrogen functional groups attached to an aromatic ring is 1. The van der Waals surface area contributed by atoms with E-state index in [4.69, 9.17) is 5.73 Å². The summed E-state index contributed by atoms with van der Waals surface area (Å²) in [4.78, 5) is 30.4. The second-order valence-corrected chi connectivity index (χ2v) is 9.42. The van der Waals surface area contributed by atoms with Crippen LogP contribution < -0.4 is 16.4 Å². The first kappa shape index (κ1) is 21.4. The number of piperidine rings is 1. The predicted octanol–water partition coefficient (Wildman–Crippen LogP) is 1.39. The number of aromatic nitrogens is 6. The summed E-state index contributed by atoms with van der Waals surface area (Å²) in [7, 11) is 0. The third-order valence-corrected chi connectivity index (χ3v) is 5.98. The number of rotatable bonds is 4. The molecular formula is C22H26FN9O. The molecule has 2 atom stereocenters. The zero-order valence-electron chi connectivity index (χ0n) is 18.5. The molecule has 3 aromatic rings. The molecule has 0 spiro atoms. The molecule has 0 aliphatic carbocycles. The van der Waals surface area contributed by atoms with Crippen LogP contribution in [-0.4, -0.2) is 60.9 Å².